The van der Waals surface area contributed by atoms with Gasteiger partial charge in [0.25, 0.3) is 0 Å². The number of carbonyl (C=O) groups is 1. The Hall–Kier alpha value is -1.60. The molecule has 6 nitrogen and oxygen atoms in total. The first-order valence-electron chi connectivity index (χ1n) is 7.77. The van der Waals surface area contributed by atoms with Gasteiger partial charge in [0.2, 0.25) is 10.0 Å². The number of nitrogens with one attached hydrogen (secondary N) is 1. The summed E-state index contributed by atoms with van der Waals surface area (Å²) in [7, 11) is -3.61. The van der Waals surface area contributed by atoms with Gasteiger partial charge in [-0.25, -0.2) is 17.9 Å². The third-order valence-corrected chi connectivity index (χ3v) is 5.32. The van der Waals surface area contributed by atoms with Crippen LogP contribution in [0, 0.1) is 0 Å². The molecule has 23 heavy (non-hydrogen) atoms. The normalized spacial score (nSPS) is 18.8. The van der Waals surface area contributed by atoms with Crippen LogP contribution < -0.4 is 4.72 Å². The molecule has 1 N–H and O–H groups in total. The number of cyclic esters (lactones) is 1. The SMILES string of the molecule is CC(C)c1ccc(S(=O)(=O)NCC2CN(C(C)C)C(=O)O2)cc1. The largest absolute Gasteiger partial charge is 0.443 e. The number of hydrogen-bond acceptors (Lipinski definition) is 4. The zero-order valence-corrected chi connectivity index (χ0v) is 14.8. The molecule has 1 atom stereocenters. The highest BCUT2D eigenvalue weighted by Crippen LogP contribution is 2.18. The summed E-state index contributed by atoms with van der Waals surface area (Å²) >= 11 is 0. The van der Waals surface area contributed by atoms with Crippen molar-refractivity contribution in [2.75, 3.05) is 13.1 Å². The quantitative estimate of drug-likeness (QED) is 0.862. The van der Waals surface area contributed by atoms with Gasteiger partial charge in [-0.3, -0.25) is 0 Å². The van der Waals surface area contributed by atoms with Gasteiger partial charge in [0, 0.05) is 12.6 Å². The highest BCUT2D eigenvalue weighted by atomic mass is 32.2. The maximum Gasteiger partial charge on any atom is 0.410 e. The topological polar surface area (TPSA) is 75.7 Å². The highest BCUT2D eigenvalue weighted by Gasteiger charge is 2.33. The summed E-state index contributed by atoms with van der Waals surface area (Å²) in [6, 6.07) is 6.86. The van der Waals surface area contributed by atoms with Crippen molar-refractivity contribution in [2.45, 2.75) is 50.7 Å². The fourth-order valence-corrected chi connectivity index (χ4v) is 3.45. The molecule has 1 unspecified atom stereocenters. The molecule has 1 saturated heterocycles. The van der Waals surface area contributed by atoms with Crippen LogP contribution in [0.1, 0.15) is 39.2 Å². The number of nitrogens with zero attached hydrogens (tertiary/aromatic N) is 1. The summed E-state index contributed by atoms with van der Waals surface area (Å²) in [6.45, 7) is 8.36. The first-order chi connectivity index (χ1) is 10.7. The van der Waals surface area contributed by atoms with E-state index in [0.29, 0.717) is 12.5 Å². The molecule has 128 valence electrons. The van der Waals surface area contributed by atoms with Crippen LogP contribution in [-0.4, -0.2) is 44.6 Å². The molecule has 0 radical (unpaired) electrons. The highest BCUT2D eigenvalue weighted by molar-refractivity contribution is 7.89. The zero-order valence-electron chi connectivity index (χ0n) is 13.9. The van der Waals surface area contributed by atoms with Crippen molar-refractivity contribution in [1.29, 1.82) is 0 Å². The van der Waals surface area contributed by atoms with Gasteiger partial charge in [-0.2, -0.15) is 0 Å². The molecule has 1 aromatic carbocycles. The Morgan fingerprint density at radius 2 is 1.83 bits per heavy atom. The lowest BCUT2D eigenvalue weighted by atomic mass is 10.0. The van der Waals surface area contributed by atoms with Gasteiger partial charge in [0.1, 0.15) is 6.10 Å². The van der Waals surface area contributed by atoms with E-state index in [4.69, 9.17) is 4.74 Å². The summed E-state index contributed by atoms with van der Waals surface area (Å²) in [5.74, 6) is 0.347. The molecule has 0 aliphatic carbocycles. The standard InChI is InChI=1S/C16H24N2O4S/c1-11(2)13-5-7-15(8-6-13)23(20,21)17-9-14-10-18(12(3)4)16(19)22-14/h5-8,11-12,14,17H,9-10H2,1-4H3. The molecule has 7 heteroatoms. The lowest BCUT2D eigenvalue weighted by molar-refractivity contribution is 0.130. The average molecular weight is 340 g/mol. The Kier molecular flexibility index (Phi) is 5.31. The van der Waals surface area contributed by atoms with E-state index < -0.39 is 22.2 Å². The maximum absolute atomic E-state index is 12.3. The number of ether oxygens (including phenoxy) is 1. The van der Waals surface area contributed by atoms with Gasteiger partial charge in [-0.1, -0.05) is 26.0 Å². The number of rotatable bonds is 6. The van der Waals surface area contributed by atoms with Crippen LogP contribution in [-0.2, 0) is 14.8 Å². The van der Waals surface area contributed by atoms with Crippen LogP contribution in [0.2, 0.25) is 0 Å². The minimum Gasteiger partial charge on any atom is -0.443 e. The van der Waals surface area contributed by atoms with Crippen LogP contribution in [0.3, 0.4) is 0 Å². The van der Waals surface area contributed by atoms with Crippen LogP contribution >= 0.6 is 0 Å². The Balaban J connectivity index is 1.98. The number of amides is 1. The predicted molar refractivity (Wildman–Crippen MR) is 87.8 cm³/mol. The van der Waals surface area contributed by atoms with Crippen LogP contribution in [0.5, 0.6) is 0 Å². The molecule has 1 aliphatic rings. The lowest BCUT2D eigenvalue weighted by Crippen LogP contribution is -2.36. The molecule has 0 spiro atoms. The third kappa shape index (κ3) is 4.23. The smallest absolute Gasteiger partial charge is 0.410 e. The first kappa shape index (κ1) is 17.7. The second kappa shape index (κ2) is 6.88. The van der Waals surface area contributed by atoms with Crippen LogP contribution in [0.25, 0.3) is 0 Å². The number of carbonyl (C=O) groups excluding carboxylic acids is 1. The Morgan fingerprint density at radius 1 is 1.22 bits per heavy atom. The fourth-order valence-electron chi connectivity index (χ4n) is 2.39. The molecular weight excluding hydrogens is 316 g/mol. The number of hydrogen-bond donors (Lipinski definition) is 1. The Bertz CT molecular complexity index is 653. The summed E-state index contributed by atoms with van der Waals surface area (Å²) < 4.78 is 32.3. The van der Waals surface area contributed by atoms with E-state index >= 15 is 0 Å². The monoisotopic (exact) mass is 340 g/mol. The summed E-state index contributed by atoms with van der Waals surface area (Å²) in [5.41, 5.74) is 1.08. The Morgan fingerprint density at radius 3 is 2.30 bits per heavy atom. The van der Waals surface area contributed by atoms with E-state index in [-0.39, 0.29) is 17.5 Å². The average Bonchev–Trinajstić information content (AvgIpc) is 2.87. The van der Waals surface area contributed by atoms with Crippen molar-refractivity contribution in [3.05, 3.63) is 29.8 Å². The molecule has 1 fully saturated rings. The van der Waals surface area contributed by atoms with Gasteiger partial charge in [-0.05, 0) is 37.5 Å². The van der Waals surface area contributed by atoms with Gasteiger partial charge in [0.15, 0.2) is 0 Å². The van der Waals surface area contributed by atoms with Crippen molar-refractivity contribution >= 4 is 16.1 Å². The van der Waals surface area contributed by atoms with Crippen molar-refractivity contribution < 1.29 is 17.9 Å². The Labute approximate surface area is 137 Å². The van der Waals surface area contributed by atoms with E-state index in [2.05, 4.69) is 18.6 Å². The van der Waals surface area contributed by atoms with Gasteiger partial charge >= 0.3 is 6.09 Å². The predicted octanol–water partition coefficient (Wildman–Crippen LogP) is 2.32. The molecule has 1 amide bonds. The van der Waals surface area contributed by atoms with E-state index in [0.717, 1.165) is 5.56 Å². The minimum atomic E-state index is -3.61. The molecule has 1 aromatic rings. The fraction of sp³-hybridized carbons (Fsp3) is 0.562. The van der Waals surface area contributed by atoms with Crippen molar-refractivity contribution in [3.63, 3.8) is 0 Å². The second-order valence-electron chi connectivity index (χ2n) is 6.33. The molecular formula is C16H24N2O4S. The zero-order chi connectivity index (χ0) is 17.2. The van der Waals surface area contributed by atoms with E-state index in [1.807, 2.05) is 26.0 Å². The van der Waals surface area contributed by atoms with Gasteiger partial charge < -0.3 is 9.64 Å². The van der Waals surface area contributed by atoms with Gasteiger partial charge in [-0.15, -0.1) is 0 Å². The van der Waals surface area contributed by atoms with Gasteiger partial charge in [0.05, 0.1) is 11.4 Å². The second-order valence-corrected chi connectivity index (χ2v) is 8.09. The first-order valence-corrected chi connectivity index (χ1v) is 9.26. The molecule has 1 aliphatic heterocycles. The number of benzene rings is 1. The molecule has 0 aromatic heterocycles. The van der Waals surface area contributed by atoms with Crippen molar-refractivity contribution in [1.82, 2.24) is 9.62 Å². The number of sulfonamides is 1. The van der Waals surface area contributed by atoms with Crippen molar-refractivity contribution in [3.8, 4) is 0 Å². The van der Waals surface area contributed by atoms with Crippen molar-refractivity contribution in [2.24, 2.45) is 0 Å². The third-order valence-electron chi connectivity index (χ3n) is 3.88. The minimum absolute atomic E-state index is 0.0349. The van der Waals surface area contributed by atoms with E-state index in [1.165, 1.54) is 0 Å². The molecule has 2 rings (SSSR count). The van der Waals surface area contributed by atoms with E-state index in [9.17, 15) is 13.2 Å². The van der Waals surface area contributed by atoms with E-state index in [1.54, 1.807) is 17.0 Å². The van der Waals surface area contributed by atoms with Crippen LogP contribution in [0.15, 0.2) is 29.2 Å². The summed E-state index contributed by atoms with van der Waals surface area (Å²) in [4.78, 5) is 13.4. The van der Waals surface area contributed by atoms with Crippen LogP contribution in [0.4, 0.5) is 4.79 Å². The summed E-state index contributed by atoms with van der Waals surface area (Å²) in [5, 5.41) is 0. The molecule has 0 bridgehead atoms. The maximum atomic E-state index is 12.3. The molecule has 0 saturated carbocycles. The lowest BCUT2D eigenvalue weighted by Gasteiger charge is -2.17. The molecule has 1 heterocycles. The summed E-state index contributed by atoms with van der Waals surface area (Å²) in [6.07, 6.45) is -0.861.